The molecule has 2 N–H and O–H groups in total. The summed E-state index contributed by atoms with van der Waals surface area (Å²) < 4.78 is 1.33. The molecule has 2 aromatic heterocycles. The number of nitrogens with zero attached hydrogens (tertiary/aromatic N) is 2. The Kier molecular flexibility index (Phi) is 5.91. The minimum atomic E-state index is -0.405. The first-order valence-corrected chi connectivity index (χ1v) is 11.3. The van der Waals surface area contributed by atoms with Crippen LogP contribution in [0, 0.1) is 19.8 Å². The summed E-state index contributed by atoms with van der Waals surface area (Å²) in [6.07, 6.45) is 4.34. The number of aryl methyl sites for hydroxylation is 3. The fraction of sp³-hybridized carbons (Fsp3) is 0.391. The summed E-state index contributed by atoms with van der Waals surface area (Å²) in [6.45, 7) is 5.73. The lowest BCUT2D eigenvalue weighted by Gasteiger charge is -2.17. The molecule has 1 aliphatic rings. The first kappa shape index (κ1) is 21.2. The van der Waals surface area contributed by atoms with Crippen LogP contribution in [0.3, 0.4) is 0 Å². The van der Waals surface area contributed by atoms with Gasteiger partial charge < -0.3 is 10.6 Å². The van der Waals surface area contributed by atoms with Crippen LogP contribution < -0.4 is 16.2 Å². The van der Waals surface area contributed by atoms with E-state index in [2.05, 4.69) is 22.5 Å². The minimum absolute atomic E-state index is 0.164. The standard InChI is InChI=1S/C23H26N4O3S/c1-13-7-8-16-17(9-13)31-22-20(16)23(30)27(12-25-22)11-19(29)24-10-18(28)26-21-14(2)5-4-6-15(21)3/h4-6,12-13H,7-11H2,1-3H3,(H,24,29)(H,26,28)/t13-/m1/s1. The zero-order valence-electron chi connectivity index (χ0n) is 17.9. The molecule has 0 saturated carbocycles. The summed E-state index contributed by atoms with van der Waals surface area (Å²) in [5.41, 5.74) is 3.58. The number of rotatable bonds is 5. The van der Waals surface area contributed by atoms with Crippen LogP contribution in [0.1, 0.15) is 34.9 Å². The van der Waals surface area contributed by atoms with Crippen LogP contribution >= 0.6 is 11.3 Å². The molecule has 0 bridgehead atoms. The van der Waals surface area contributed by atoms with Gasteiger partial charge in [0.05, 0.1) is 18.3 Å². The van der Waals surface area contributed by atoms with Crippen LogP contribution in [0.5, 0.6) is 0 Å². The van der Waals surface area contributed by atoms with Crippen molar-refractivity contribution in [2.45, 2.75) is 46.6 Å². The third-order valence-corrected chi connectivity index (χ3v) is 6.95. The van der Waals surface area contributed by atoms with Gasteiger partial charge in [-0.15, -0.1) is 11.3 Å². The molecule has 162 valence electrons. The van der Waals surface area contributed by atoms with Crippen molar-refractivity contribution in [1.29, 1.82) is 0 Å². The maximum Gasteiger partial charge on any atom is 0.262 e. The van der Waals surface area contributed by atoms with Gasteiger partial charge in [-0.1, -0.05) is 25.1 Å². The molecule has 3 aromatic rings. The van der Waals surface area contributed by atoms with Gasteiger partial charge in [0.1, 0.15) is 11.4 Å². The van der Waals surface area contributed by atoms with E-state index in [1.807, 2.05) is 32.0 Å². The molecule has 1 aromatic carbocycles. The van der Waals surface area contributed by atoms with E-state index in [-0.39, 0.29) is 24.6 Å². The number of nitrogens with one attached hydrogen (secondary N) is 2. The van der Waals surface area contributed by atoms with Crippen LogP contribution in [0.2, 0.25) is 0 Å². The lowest BCUT2D eigenvalue weighted by molar-refractivity contribution is -0.124. The van der Waals surface area contributed by atoms with Crippen molar-refractivity contribution in [2.24, 2.45) is 5.92 Å². The number of para-hydroxylation sites is 1. The zero-order valence-corrected chi connectivity index (χ0v) is 18.8. The number of amides is 2. The van der Waals surface area contributed by atoms with Crippen molar-refractivity contribution in [3.05, 3.63) is 56.4 Å². The Bertz CT molecular complexity index is 1210. The number of hydrogen-bond acceptors (Lipinski definition) is 5. The summed E-state index contributed by atoms with van der Waals surface area (Å²) in [5.74, 6) is -0.103. The van der Waals surface area contributed by atoms with E-state index in [1.165, 1.54) is 15.8 Å². The summed E-state index contributed by atoms with van der Waals surface area (Å²) in [6, 6.07) is 5.76. The van der Waals surface area contributed by atoms with Crippen LogP contribution in [0.15, 0.2) is 29.3 Å². The van der Waals surface area contributed by atoms with Gasteiger partial charge in [-0.25, -0.2) is 4.98 Å². The lowest BCUT2D eigenvalue weighted by Crippen LogP contribution is -2.37. The smallest absolute Gasteiger partial charge is 0.262 e. The van der Waals surface area contributed by atoms with E-state index in [4.69, 9.17) is 0 Å². The van der Waals surface area contributed by atoms with E-state index in [0.29, 0.717) is 11.3 Å². The van der Waals surface area contributed by atoms with Crippen molar-refractivity contribution in [1.82, 2.24) is 14.9 Å². The second-order valence-electron chi connectivity index (χ2n) is 8.30. The molecule has 0 fully saturated rings. The number of carbonyl (C=O) groups excluding carboxylic acids is 2. The highest BCUT2D eigenvalue weighted by molar-refractivity contribution is 7.18. The van der Waals surface area contributed by atoms with Crippen LogP contribution in [-0.4, -0.2) is 27.9 Å². The zero-order chi connectivity index (χ0) is 22.1. The molecule has 0 spiro atoms. The van der Waals surface area contributed by atoms with Crippen molar-refractivity contribution in [3.63, 3.8) is 0 Å². The van der Waals surface area contributed by atoms with Gasteiger partial charge in [0, 0.05) is 10.6 Å². The number of hydrogen-bond donors (Lipinski definition) is 2. The molecule has 0 saturated heterocycles. The van der Waals surface area contributed by atoms with Crippen molar-refractivity contribution in [3.8, 4) is 0 Å². The Morgan fingerprint density at radius 1 is 1.23 bits per heavy atom. The summed E-state index contributed by atoms with van der Waals surface area (Å²) in [7, 11) is 0. The number of benzene rings is 1. The van der Waals surface area contributed by atoms with E-state index < -0.39 is 5.91 Å². The Balaban J connectivity index is 1.42. The van der Waals surface area contributed by atoms with E-state index in [9.17, 15) is 14.4 Å². The monoisotopic (exact) mass is 438 g/mol. The van der Waals surface area contributed by atoms with Gasteiger partial charge >= 0.3 is 0 Å². The third-order valence-electron chi connectivity index (χ3n) is 5.79. The highest BCUT2D eigenvalue weighted by Crippen LogP contribution is 2.35. The van der Waals surface area contributed by atoms with Gasteiger partial charge in [-0.2, -0.15) is 0 Å². The molecule has 0 unspecified atom stereocenters. The number of aromatic nitrogens is 2. The van der Waals surface area contributed by atoms with E-state index in [0.717, 1.165) is 46.5 Å². The average Bonchev–Trinajstić information content (AvgIpc) is 3.09. The van der Waals surface area contributed by atoms with Gasteiger partial charge in [-0.3, -0.25) is 19.0 Å². The molecule has 0 aliphatic heterocycles. The molecule has 2 amide bonds. The molecule has 1 atom stereocenters. The average molecular weight is 439 g/mol. The van der Waals surface area contributed by atoms with Gasteiger partial charge in [-0.05, 0) is 55.7 Å². The second-order valence-corrected chi connectivity index (χ2v) is 9.38. The van der Waals surface area contributed by atoms with Gasteiger partial charge in [0.25, 0.3) is 5.56 Å². The third kappa shape index (κ3) is 4.39. The largest absolute Gasteiger partial charge is 0.345 e. The van der Waals surface area contributed by atoms with Crippen LogP contribution in [-0.2, 0) is 29.0 Å². The van der Waals surface area contributed by atoms with Crippen molar-refractivity contribution in [2.75, 3.05) is 11.9 Å². The lowest BCUT2D eigenvalue weighted by atomic mass is 9.89. The molecule has 2 heterocycles. The van der Waals surface area contributed by atoms with Crippen LogP contribution in [0.4, 0.5) is 5.69 Å². The number of anilines is 1. The Morgan fingerprint density at radius 3 is 2.71 bits per heavy atom. The number of thiophene rings is 1. The Labute approximate surface area is 184 Å². The van der Waals surface area contributed by atoms with E-state index in [1.54, 1.807) is 11.3 Å². The van der Waals surface area contributed by atoms with Crippen LogP contribution in [0.25, 0.3) is 10.2 Å². The highest BCUT2D eigenvalue weighted by Gasteiger charge is 2.23. The number of fused-ring (bicyclic) bond motifs is 3. The fourth-order valence-electron chi connectivity index (χ4n) is 4.06. The molecular formula is C23H26N4O3S. The molecule has 4 rings (SSSR count). The summed E-state index contributed by atoms with van der Waals surface area (Å²) in [4.78, 5) is 44.1. The maximum atomic E-state index is 13.0. The molecule has 0 radical (unpaired) electrons. The minimum Gasteiger partial charge on any atom is -0.345 e. The Hall–Kier alpha value is -3.00. The maximum absolute atomic E-state index is 13.0. The fourth-order valence-corrected chi connectivity index (χ4v) is 5.40. The number of carbonyl (C=O) groups is 2. The topological polar surface area (TPSA) is 93.1 Å². The first-order chi connectivity index (χ1) is 14.8. The normalized spacial score (nSPS) is 15.5. The first-order valence-electron chi connectivity index (χ1n) is 10.5. The SMILES string of the molecule is Cc1cccc(C)c1NC(=O)CNC(=O)Cn1cnc2sc3c(c2c1=O)CC[C@@H](C)C3. The van der Waals surface area contributed by atoms with Crippen molar-refractivity contribution < 1.29 is 9.59 Å². The predicted molar refractivity (Wildman–Crippen MR) is 123 cm³/mol. The molecule has 7 nitrogen and oxygen atoms in total. The van der Waals surface area contributed by atoms with Gasteiger partial charge in [0.15, 0.2) is 0 Å². The van der Waals surface area contributed by atoms with Crippen molar-refractivity contribution >= 4 is 39.1 Å². The second kappa shape index (κ2) is 8.63. The molecule has 1 aliphatic carbocycles. The summed E-state index contributed by atoms with van der Waals surface area (Å²) in [5, 5.41) is 6.07. The quantitative estimate of drug-likeness (QED) is 0.641. The molecule has 8 heteroatoms. The highest BCUT2D eigenvalue weighted by atomic mass is 32.1. The predicted octanol–water partition coefficient (Wildman–Crippen LogP) is 2.95. The van der Waals surface area contributed by atoms with E-state index >= 15 is 0 Å². The summed E-state index contributed by atoms with van der Waals surface area (Å²) >= 11 is 1.58. The molecular weight excluding hydrogens is 412 g/mol. The Morgan fingerprint density at radius 2 is 1.97 bits per heavy atom. The van der Waals surface area contributed by atoms with Gasteiger partial charge in [0.2, 0.25) is 11.8 Å². The molecule has 31 heavy (non-hydrogen) atoms.